The summed E-state index contributed by atoms with van der Waals surface area (Å²) in [7, 11) is 1.59. The molecule has 0 N–H and O–H groups in total. The van der Waals surface area contributed by atoms with Gasteiger partial charge >= 0.3 is 0 Å². The van der Waals surface area contributed by atoms with Crippen LogP contribution in [0.2, 0.25) is 5.02 Å². The zero-order valence-electron chi connectivity index (χ0n) is 11.0. The van der Waals surface area contributed by atoms with E-state index in [2.05, 4.69) is 0 Å². The quantitative estimate of drug-likeness (QED) is 0.837. The van der Waals surface area contributed by atoms with Gasteiger partial charge in [0, 0.05) is 18.6 Å². The molecule has 1 aliphatic rings. The monoisotopic (exact) mass is 284 g/mol. The number of benzene rings is 1. The number of ketones is 1. The van der Waals surface area contributed by atoms with Crippen molar-refractivity contribution in [1.29, 1.82) is 0 Å². The van der Waals surface area contributed by atoms with Crippen molar-refractivity contribution >= 4 is 17.4 Å². The van der Waals surface area contributed by atoms with E-state index in [0.29, 0.717) is 10.6 Å². The third-order valence-electron chi connectivity index (χ3n) is 3.93. The highest BCUT2D eigenvalue weighted by Crippen LogP contribution is 2.33. The number of halogens is 2. The van der Waals surface area contributed by atoms with E-state index in [1.54, 1.807) is 13.2 Å². The molecule has 104 valence electrons. The van der Waals surface area contributed by atoms with Crippen LogP contribution in [0.25, 0.3) is 0 Å². The van der Waals surface area contributed by atoms with Crippen LogP contribution in [-0.2, 0) is 16.0 Å². The number of hydrogen-bond acceptors (Lipinski definition) is 2. The second kappa shape index (κ2) is 6.02. The van der Waals surface area contributed by atoms with Crippen molar-refractivity contribution < 1.29 is 13.9 Å². The lowest BCUT2D eigenvalue weighted by molar-refractivity contribution is -0.144. The molecule has 1 aliphatic carbocycles. The molecule has 0 aromatic heterocycles. The Kier molecular flexibility index (Phi) is 4.58. The first-order chi connectivity index (χ1) is 9.07. The maximum Gasteiger partial charge on any atom is 0.169 e. The Morgan fingerprint density at radius 1 is 1.37 bits per heavy atom. The number of rotatable bonds is 4. The van der Waals surface area contributed by atoms with Crippen molar-refractivity contribution in [2.75, 3.05) is 7.11 Å². The van der Waals surface area contributed by atoms with Crippen molar-refractivity contribution in [3.05, 3.63) is 34.6 Å². The summed E-state index contributed by atoms with van der Waals surface area (Å²) in [5.41, 5.74) is -0.00857. The molecule has 1 aromatic rings. The first-order valence-electron chi connectivity index (χ1n) is 6.60. The van der Waals surface area contributed by atoms with Crippen molar-refractivity contribution in [2.24, 2.45) is 0 Å². The fraction of sp³-hybridized carbons (Fsp3) is 0.533. The van der Waals surface area contributed by atoms with Crippen molar-refractivity contribution in [3.8, 4) is 0 Å². The Morgan fingerprint density at radius 3 is 2.63 bits per heavy atom. The summed E-state index contributed by atoms with van der Waals surface area (Å²) in [6.07, 6.45) is 4.90. The second-order valence-corrected chi connectivity index (χ2v) is 5.50. The normalized spacial score (nSPS) is 18.3. The molecule has 2 rings (SSSR count). The van der Waals surface area contributed by atoms with Crippen LogP contribution in [0.3, 0.4) is 0 Å². The molecule has 0 atom stereocenters. The van der Waals surface area contributed by atoms with Gasteiger partial charge in [-0.15, -0.1) is 0 Å². The van der Waals surface area contributed by atoms with E-state index in [0.717, 1.165) is 32.1 Å². The van der Waals surface area contributed by atoms with E-state index in [-0.39, 0.29) is 18.0 Å². The smallest absolute Gasteiger partial charge is 0.169 e. The molecule has 0 radical (unpaired) electrons. The molecule has 19 heavy (non-hydrogen) atoms. The minimum atomic E-state index is -0.671. The van der Waals surface area contributed by atoms with Gasteiger partial charge in [0.2, 0.25) is 0 Å². The fourth-order valence-electron chi connectivity index (χ4n) is 2.72. The SMILES string of the molecule is COC1(C(=O)Cc2ccc(F)cc2Cl)CCCCC1. The molecule has 0 amide bonds. The third kappa shape index (κ3) is 3.15. The number of carbonyl (C=O) groups excluding carboxylic acids is 1. The van der Waals surface area contributed by atoms with Gasteiger partial charge in [-0.3, -0.25) is 4.79 Å². The molecule has 1 saturated carbocycles. The van der Waals surface area contributed by atoms with Crippen LogP contribution in [0.1, 0.15) is 37.7 Å². The van der Waals surface area contributed by atoms with Gasteiger partial charge in [0.15, 0.2) is 5.78 Å². The Morgan fingerprint density at radius 2 is 2.05 bits per heavy atom. The average molecular weight is 285 g/mol. The zero-order valence-corrected chi connectivity index (χ0v) is 11.8. The van der Waals surface area contributed by atoms with E-state index < -0.39 is 5.60 Å². The predicted octanol–water partition coefficient (Wildman–Crippen LogP) is 3.94. The first-order valence-corrected chi connectivity index (χ1v) is 6.97. The fourth-order valence-corrected chi connectivity index (χ4v) is 2.95. The van der Waals surface area contributed by atoms with Gasteiger partial charge in [0.05, 0.1) is 0 Å². The molecule has 0 bridgehead atoms. The summed E-state index contributed by atoms with van der Waals surface area (Å²) >= 11 is 5.97. The summed E-state index contributed by atoms with van der Waals surface area (Å²) in [4.78, 5) is 12.5. The maximum atomic E-state index is 13.0. The highest BCUT2D eigenvalue weighted by Gasteiger charge is 2.39. The molecule has 1 aromatic carbocycles. The maximum absolute atomic E-state index is 13.0. The van der Waals surface area contributed by atoms with Gasteiger partial charge in [-0.1, -0.05) is 36.9 Å². The van der Waals surface area contributed by atoms with Crippen LogP contribution in [0.15, 0.2) is 18.2 Å². The molecule has 0 unspecified atom stereocenters. The molecule has 2 nitrogen and oxygen atoms in total. The number of ether oxygens (including phenoxy) is 1. The Labute approximate surface area is 117 Å². The van der Waals surface area contributed by atoms with Crippen LogP contribution in [-0.4, -0.2) is 18.5 Å². The largest absolute Gasteiger partial charge is 0.370 e. The number of Topliss-reactive ketones (excluding diaryl/α,β-unsaturated/α-hetero) is 1. The number of methoxy groups -OCH3 is 1. The van der Waals surface area contributed by atoms with E-state index in [1.807, 2.05) is 0 Å². The van der Waals surface area contributed by atoms with Gasteiger partial charge in [-0.05, 0) is 30.5 Å². The Balaban J connectivity index is 2.15. The molecule has 0 heterocycles. The van der Waals surface area contributed by atoms with Gasteiger partial charge in [0.25, 0.3) is 0 Å². The predicted molar refractivity (Wildman–Crippen MR) is 72.9 cm³/mol. The standard InChI is InChI=1S/C15H18ClFO2/c1-19-15(7-3-2-4-8-15)14(18)9-11-5-6-12(17)10-13(11)16/h5-6,10H,2-4,7-9H2,1H3. The van der Waals surface area contributed by atoms with Gasteiger partial charge in [-0.25, -0.2) is 4.39 Å². The number of carbonyl (C=O) groups is 1. The topological polar surface area (TPSA) is 26.3 Å². The zero-order chi connectivity index (χ0) is 13.9. The summed E-state index contributed by atoms with van der Waals surface area (Å²) in [6, 6.07) is 4.14. The summed E-state index contributed by atoms with van der Waals surface area (Å²) in [6.45, 7) is 0. The van der Waals surface area contributed by atoms with E-state index in [9.17, 15) is 9.18 Å². The van der Waals surface area contributed by atoms with Crippen LogP contribution in [0, 0.1) is 5.82 Å². The van der Waals surface area contributed by atoms with E-state index in [1.165, 1.54) is 12.1 Å². The summed E-state index contributed by atoms with van der Waals surface area (Å²) in [5, 5.41) is 0.301. The summed E-state index contributed by atoms with van der Waals surface area (Å²) in [5.74, 6) is -0.344. The van der Waals surface area contributed by atoms with Crippen LogP contribution in [0.5, 0.6) is 0 Å². The Bertz CT molecular complexity index is 467. The summed E-state index contributed by atoms with van der Waals surface area (Å²) < 4.78 is 18.5. The third-order valence-corrected chi connectivity index (χ3v) is 4.28. The van der Waals surface area contributed by atoms with Gasteiger partial charge in [0.1, 0.15) is 11.4 Å². The second-order valence-electron chi connectivity index (χ2n) is 5.09. The highest BCUT2D eigenvalue weighted by molar-refractivity contribution is 6.31. The van der Waals surface area contributed by atoms with Crippen molar-refractivity contribution in [2.45, 2.75) is 44.1 Å². The molecular weight excluding hydrogens is 267 g/mol. The minimum Gasteiger partial charge on any atom is -0.370 e. The van der Waals surface area contributed by atoms with Gasteiger partial charge < -0.3 is 4.74 Å². The lowest BCUT2D eigenvalue weighted by Crippen LogP contribution is -2.43. The van der Waals surface area contributed by atoms with Crippen LogP contribution >= 0.6 is 11.6 Å². The van der Waals surface area contributed by atoms with E-state index in [4.69, 9.17) is 16.3 Å². The first kappa shape index (κ1) is 14.5. The molecule has 1 fully saturated rings. The van der Waals surface area contributed by atoms with Crippen LogP contribution < -0.4 is 0 Å². The molecule has 0 spiro atoms. The molecule has 0 aliphatic heterocycles. The molecule has 0 saturated heterocycles. The van der Waals surface area contributed by atoms with Crippen molar-refractivity contribution in [1.82, 2.24) is 0 Å². The van der Waals surface area contributed by atoms with E-state index >= 15 is 0 Å². The number of hydrogen-bond donors (Lipinski definition) is 0. The van der Waals surface area contributed by atoms with Gasteiger partial charge in [-0.2, -0.15) is 0 Å². The minimum absolute atomic E-state index is 0.0446. The van der Waals surface area contributed by atoms with Crippen LogP contribution in [0.4, 0.5) is 4.39 Å². The average Bonchev–Trinajstić information content (AvgIpc) is 2.42. The lowest BCUT2D eigenvalue weighted by Gasteiger charge is -2.34. The Hall–Kier alpha value is -0.930. The lowest BCUT2D eigenvalue weighted by atomic mass is 9.79. The molecule has 4 heteroatoms. The molecular formula is C15H18ClFO2. The van der Waals surface area contributed by atoms with Crippen molar-refractivity contribution in [3.63, 3.8) is 0 Å². The highest BCUT2D eigenvalue weighted by atomic mass is 35.5.